The van der Waals surface area contributed by atoms with Gasteiger partial charge in [0, 0.05) is 6.04 Å². The molecule has 0 amide bonds. The van der Waals surface area contributed by atoms with Crippen LogP contribution in [0, 0.1) is 20.8 Å². The number of pyridine rings is 1. The van der Waals surface area contributed by atoms with Gasteiger partial charge in [-0.1, -0.05) is 6.07 Å². The van der Waals surface area contributed by atoms with Crippen LogP contribution in [-0.2, 0) is 0 Å². The number of nitrogens with zero attached hydrogens (tertiary/aromatic N) is 1. The van der Waals surface area contributed by atoms with E-state index >= 15 is 0 Å². The molecule has 1 heterocycles. The lowest BCUT2D eigenvalue weighted by Gasteiger charge is -2.12. The Balaban J connectivity index is 2.26. The lowest BCUT2D eigenvalue weighted by Crippen LogP contribution is -2.06. The fraction of sp³-hybridized carbons (Fsp3) is 0.312. The van der Waals surface area contributed by atoms with E-state index in [9.17, 15) is 0 Å². The summed E-state index contributed by atoms with van der Waals surface area (Å²) < 4.78 is 5.90. The van der Waals surface area contributed by atoms with Gasteiger partial charge in [-0.25, -0.2) is 0 Å². The molecule has 0 saturated heterocycles. The average molecular weight is 256 g/mol. The van der Waals surface area contributed by atoms with Crippen LogP contribution in [0.25, 0.3) is 0 Å². The van der Waals surface area contributed by atoms with Crippen LogP contribution in [-0.4, -0.2) is 4.98 Å². The van der Waals surface area contributed by atoms with Crippen LogP contribution in [0.5, 0.6) is 11.5 Å². The van der Waals surface area contributed by atoms with Crippen LogP contribution in [0.3, 0.4) is 0 Å². The van der Waals surface area contributed by atoms with Gasteiger partial charge in [0.05, 0.1) is 11.9 Å². The standard InChI is InChI=1S/C16H20N2O/c1-10-7-11(2)12(3)16(8-10)19-14-5-6-15(13(4)17)18-9-14/h5-9,13H,17H2,1-4H3. The zero-order chi connectivity index (χ0) is 14.0. The summed E-state index contributed by atoms with van der Waals surface area (Å²) in [6.45, 7) is 8.13. The molecule has 100 valence electrons. The quantitative estimate of drug-likeness (QED) is 0.908. The molecule has 0 aliphatic heterocycles. The van der Waals surface area contributed by atoms with Crippen molar-refractivity contribution < 1.29 is 4.74 Å². The van der Waals surface area contributed by atoms with E-state index in [2.05, 4.69) is 31.8 Å². The number of nitrogens with two attached hydrogens (primary N) is 1. The summed E-state index contributed by atoms with van der Waals surface area (Å²) in [5.74, 6) is 1.62. The van der Waals surface area contributed by atoms with E-state index in [1.165, 1.54) is 11.1 Å². The molecule has 1 atom stereocenters. The van der Waals surface area contributed by atoms with Gasteiger partial charge < -0.3 is 10.5 Å². The van der Waals surface area contributed by atoms with E-state index in [1.54, 1.807) is 6.20 Å². The van der Waals surface area contributed by atoms with Crippen molar-refractivity contribution in [3.05, 3.63) is 52.8 Å². The van der Waals surface area contributed by atoms with Crippen molar-refractivity contribution in [2.75, 3.05) is 0 Å². The van der Waals surface area contributed by atoms with Crippen molar-refractivity contribution >= 4 is 0 Å². The van der Waals surface area contributed by atoms with Crippen LogP contribution < -0.4 is 10.5 Å². The minimum atomic E-state index is -0.0583. The highest BCUT2D eigenvalue weighted by molar-refractivity contribution is 5.44. The maximum Gasteiger partial charge on any atom is 0.145 e. The summed E-state index contributed by atoms with van der Waals surface area (Å²) in [5.41, 5.74) is 10.2. The summed E-state index contributed by atoms with van der Waals surface area (Å²) in [6, 6.07) is 7.94. The Morgan fingerprint density at radius 1 is 1.16 bits per heavy atom. The number of aryl methyl sites for hydroxylation is 2. The molecule has 0 bridgehead atoms. The van der Waals surface area contributed by atoms with Gasteiger partial charge >= 0.3 is 0 Å². The largest absolute Gasteiger partial charge is 0.455 e. The third kappa shape index (κ3) is 3.12. The van der Waals surface area contributed by atoms with Crippen LogP contribution >= 0.6 is 0 Å². The third-order valence-electron chi connectivity index (χ3n) is 3.22. The highest BCUT2D eigenvalue weighted by Gasteiger charge is 2.06. The number of hydrogen-bond acceptors (Lipinski definition) is 3. The molecule has 1 unspecified atom stereocenters. The molecule has 0 fully saturated rings. The van der Waals surface area contributed by atoms with Crippen molar-refractivity contribution in [3.8, 4) is 11.5 Å². The Morgan fingerprint density at radius 3 is 2.47 bits per heavy atom. The van der Waals surface area contributed by atoms with Crippen molar-refractivity contribution in [2.45, 2.75) is 33.7 Å². The molecule has 1 aromatic carbocycles. The predicted octanol–water partition coefficient (Wildman–Crippen LogP) is 3.82. The molecule has 0 aliphatic rings. The summed E-state index contributed by atoms with van der Waals surface area (Å²) >= 11 is 0. The molecule has 3 heteroatoms. The van der Waals surface area contributed by atoms with E-state index in [4.69, 9.17) is 10.5 Å². The SMILES string of the molecule is Cc1cc(C)c(C)c(Oc2ccc(C(C)N)nc2)c1. The fourth-order valence-electron chi connectivity index (χ4n) is 1.96. The molecule has 2 aromatic rings. The Labute approximate surface area is 114 Å². The van der Waals surface area contributed by atoms with E-state index in [1.807, 2.05) is 25.1 Å². The molecule has 3 nitrogen and oxygen atoms in total. The third-order valence-corrected chi connectivity index (χ3v) is 3.22. The number of ether oxygens (including phenoxy) is 1. The lowest BCUT2D eigenvalue weighted by molar-refractivity contribution is 0.474. The van der Waals surface area contributed by atoms with Crippen molar-refractivity contribution in [1.82, 2.24) is 4.98 Å². The van der Waals surface area contributed by atoms with Gasteiger partial charge in [0.2, 0.25) is 0 Å². The second-order valence-corrected chi connectivity index (χ2v) is 5.01. The van der Waals surface area contributed by atoms with Crippen LogP contribution in [0.1, 0.15) is 35.3 Å². The zero-order valence-corrected chi connectivity index (χ0v) is 11.9. The van der Waals surface area contributed by atoms with Gasteiger partial charge in [-0.05, 0) is 62.6 Å². The molecular formula is C16H20N2O. The Bertz CT molecular complexity index is 574. The topological polar surface area (TPSA) is 48.1 Å². The first-order valence-electron chi connectivity index (χ1n) is 6.44. The second-order valence-electron chi connectivity index (χ2n) is 5.01. The molecule has 1 aromatic heterocycles. The molecular weight excluding hydrogens is 236 g/mol. The van der Waals surface area contributed by atoms with Crippen molar-refractivity contribution in [2.24, 2.45) is 5.73 Å². The molecule has 0 radical (unpaired) electrons. The first kappa shape index (κ1) is 13.6. The highest BCUT2D eigenvalue weighted by atomic mass is 16.5. The number of benzene rings is 1. The lowest BCUT2D eigenvalue weighted by atomic mass is 10.1. The smallest absolute Gasteiger partial charge is 0.145 e. The van der Waals surface area contributed by atoms with Crippen LogP contribution in [0.4, 0.5) is 0 Å². The van der Waals surface area contributed by atoms with Gasteiger partial charge in [0.25, 0.3) is 0 Å². The summed E-state index contributed by atoms with van der Waals surface area (Å²) in [7, 11) is 0. The maximum atomic E-state index is 5.90. The summed E-state index contributed by atoms with van der Waals surface area (Å²) in [6.07, 6.45) is 1.72. The monoisotopic (exact) mass is 256 g/mol. The van der Waals surface area contributed by atoms with Gasteiger partial charge in [-0.15, -0.1) is 0 Å². The average Bonchev–Trinajstić information content (AvgIpc) is 2.36. The van der Waals surface area contributed by atoms with Crippen molar-refractivity contribution in [1.29, 1.82) is 0 Å². The second kappa shape index (κ2) is 5.41. The molecule has 2 N–H and O–H groups in total. The van der Waals surface area contributed by atoms with E-state index in [0.29, 0.717) is 0 Å². The van der Waals surface area contributed by atoms with E-state index < -0.39 is 0 Å². The minimum Gasteiger partial charge on any atom is -0.455 e. The molecule has 2 rings (SSSR count). The van der Waals surface area contributed by atoms with Gasteiger partial charge in [0.15, 0.2) is 0 Å². The zero-order valence-electron chi connectivity index (χ0n) is 11.9. The number of hydrogen-bond donors (Lipinski definition) is 1. The first-order chi connectivity index (χ1) is 8.97. The van der Waals surface area contributed by atoms with E-state index in [-0.39, 0.29) is 6.04 Å². The molecule has 0 spiro atoms. The number of aromatic nitrogens is 1. The Morgan fingerprint density at radius 2 is 1.89 bits per heavy atom. The highest BCUT2D eigenvalue weighted by Crippen LogP contribution is 2.28. The van der Waals surface area contributed by atoms with Crippen LogP contribution in [0.2, 0.25) is 0 Å². The number of rotatable bonds is 3. The predicted molar refractivity (Wildman–Crippen MR) is 77.6 cm³/mol. The fourth-order valence-corrected chi connectivity index (χ4v) is 1.96. The first-order valence-corrected chi connectivity index (χ1v) is 6.44. The normalized spacial score (nSPS) is 12.3. The molecule has 0 aliphatic carbocycles. The van der Waals surface area contributed by atoms with Gasteiger partial charge in [0.1, 0.15) is 11.5 Å². The van der Waals surface area contributed by atoms with Gasteiger partial charge in [-0.2, -0.15) is 0 Å². The summed E-state index contributed by atoms with van der Waals surface area (Å²) in [5, 5.41) is 0. The van der Waals surface area contributed by atoms with E-state index in [0.717, 1.165) is 22.8 Å². The van der Waals surface area contributed by atoms with Gasteiger partial charge in [-0.3, -0.25) is 4.98 Å². The summed E-state index contributed by atoms with van der Waals surface area (Å²) in [4.78, 5) is 4.30. The van der Waals surface area contributed by atoms with Crippen molar-refractivity contribution in [3.63, 3.8) is 0 Å². The Hall–Kier alpha value is -1.87. The molecule has 0 saturated carbocycles. The Kier molecular flexibility index (Phi) is 3.86. The van der Waals surface area contributed by atoms with Crippen LogP contribution in [0.15, 0.2) is 30.5 Å². The maximum absolute atomic E-state index is 5.90. The molecule has 19 heavy (non-hydrogen) atoms. The minimum absolute atomic E-state index is 0.0583.